The van der Waals surface area contributed by atoms with Gasteiger partial charge in [0.15, 0.2) is 11.5 Å². The fourth-order valence-electron chi connectivity index (χ4n) is 3.11. The fourth-order valence-corrected chi connectivity index (χ4v) is 3.11. The Morgan fingerprint density at radius 3 is 2.79 bits per heavy atom. The number of morpholine rings is 1. The summed E-state index contributed by atoms with van der Waals surface area (Å²) in [5.74, 6) is 2.51. The van der Waals surface area contributed by atoms with Gasteiger partial charge in [-0.3, -0.25) is 0 Å². The lowest BCUT2D eigenvalue weighted by atomic mass is 10.2. The van der Waals surface area contributed by atoms with E-state index in [9.17, 15) is 0 Å². The van der Waals surface area contributed by atoms with Crippen molar-refractivity contribution in [3.05, 3.63) is 59.8 Å². The van der Waals surface area contributed by atoms with Crippen molar-refractivity contribution in [1.29, 1.82) is 0 Å². The Labute approximate surface area is 167 Å². The summed E-state index contributed by atoms with van der Waals surface area (Å²) >= 11 is 0. The Morgan fingerprint density at radius 1 is 1.21 bits per heavy atom. The minimum Gasteiger partial charge on any atom is -0.493 e. The van der Waals surface area contributed by atoms with E-state index in [2.05, 4.69) is 27.8 Å². The third kappa shape index (κ3) is 5.47. The van der Waals surface area contributed by atoms with Gasteiger partial charge in [-0.25, -0.2) is 4.98 Å². The highest BCUT2D eigenvalue weighted by Gasteiger charge is 2.15. The lowest BCUT2D eigenvalue weighted by molar-refractivity contribution is 0.122. The summed E-state index contributed by atoms with van der Waals surface area (Å²) in [6.45, 7) is 11.0. The van der Waals surface area contributed by atoms with Gasteiger partial charge < -0.3 is 24.4 Å². The van der Waals surface area contributed by atoms with Crippen molar-refractivity contribution in [3.8, 4) is 11.5 Å². The molecule has 1 aliphatic heterocycles. The maximum atomic E-state index is 5.81. The monoisotopic (exact) mass is 383 g/mol. The number of pyridine rings is 1. The predicted molar refractivity (Wildman–Crippen MR) is 111 cm³/mol. The first-order chi connectivity index (χ1) is 13.7. The third-order valence-corrected chi connectivity index (χ3v) is 4.52. The lowest BCUT2D eigenvalue weighted by Crippen LogP contribution is -2.37. The first-order valence-corrected chi connectivity index (χ1v) is 9.59. The summed E-state index contributed by atoms with van der Waals surface area (Å²) in [5.41, 5.74) is 3.30. The Kier molecular flexibility index (Phi) is 7.28. The van der Waals surface area contributed by atoms with Crippen LogP contribution >= 0.6 is 0 Å². The highest BCUT2D eigenvalue weighted by atomic mass is 16.5. The van der Waals surface area contributed by atoms with E-state index in [-0.39, 0.29) is 0 Å². The zero-order valence-corrected chi connectivity index (χ0v) is 16.7. The highest BCUT2D eigenvalue weighted by molar-refractivity contribution is 5.47. The molecule has 28 heavy (non-hydrogen) atoms. The van der Waals surface area contributed by atoms with E-state index in [1.54, 1.807) is 7.11 Å². The molecule has 0 atom stereocenters. The Morgan fingerprint density at radius 2 is 2.04 bits per heavy atom. The van der Waals surface area contributed by atoms with Gasteiger partial charge in [-0.2, -0.15) is 0 Å². The molecule has 0 spiro atoms. The molecule has 0 saturated carbocycles. The Hall–Kier alpha value is -2.57. The number of ether oxygens (including phenoxy) is 3. The van der Waals surface area contributed by atoms with Crippen molar-refractivity contribution < 1.29 is 14.2 Å². The topological polar surface area (TPSA) is 55.9 Å². The van der Waals surface area contributed by atoms with Gasteiger partial charge in [-0.1, -0.05) is 18.7 Å². The standard InChI is InChI=1S/C22H29N3O3/c1-17(2)16-28-21-13-18(6-7-20(21)26-3)14-23-15-19-5-4-8-24-22(19)25-9-11-27-12-10-25/h4-8,13,23H,1,9-12,14-16H2,2-3H3. The number of nitrogens with zero attached hydrogens (tertiary/aromatic N) is 2. The second kappa shape index (κ2) is 10.1. The van der Waals surface area contributed by atoms with Gasteiger partial charge in [0.2, 0.25) is 0 Å². The van der Waals surface area contributed by atoms with Crippen LogP contribution in [0.5, 0.6) is 11.5 Å². The molecule has 1 saturated heterocycles. The number of methoxy groups -OCH3 is 1. The maximum Gasteiger partial charge on any atom is 0.161 e. The van der Waals surface area contributed by atoms with E-state index >= 15 is 0 Å². The Balaban J connectivity index is 1.62. The normalized spacial score (nSPS) is 14.0. The molecule has 2 heterocycles. The van der Waals surface area contributed by atoms with E-state index < -0.39 is 0 Å². The van der Waals surface area contributed by atoms with Gasteiger partial charge in [-0.05, 0) is 36.3 Å². The summed E-state index contributed by atoms with van der Waals surface area (Å²) in [4.78, 5) is 6.88. The summed E-state index contributed by atoms with van der Waals surface area (Å²) in [5, 5.41) is 3.52. The lowest BCUT2D eigenvalue weighted by Gasteiger charge is -2.29. The molecule has 0 aliphatic carbocycles. The molecule has 6 nitrogen and oxygen atoms in total. The summed E-state index contributed by atoms with van der Waals surface area (Å²) in [7, 11) is 1.65. The van der Waals surface area contributed by atoms with Crippen LogP contribution in [0.15, 0.2) is 48.7 Å². The van der Waals surface area contributed by atoms with Crippen molar-refractivity contribution in [2.24, 2.45) is 0 Å². The van der Waals surface area contributed by atoms with Crippen LogP contribution in [0.25, 0.3) is 0 Å². The quantitative estimate of drug-likeness (QED) is 0.672. The van der Waals surface area contributed by atoms with Crippen LogP contribution in [0.4, 0.5) is 5.82 Å². The smallest absolute Gasteiger partial charge is 0.161 e. The van der Waals surface area contributed by atoms with Crippen molar-refractivity contribution in [1.82, 2.24) is 10.3 Å². The first-order valence-electron chi connectivity index (χ1n) is 9.59. The summed E-state index contributed by atoms with van der Waals surface area (Å²) < 4.78 is 16.7. The van der Waals surface area contributed by atoms with Gasteiger partial charge in [0, 0.05) is 37.9 Å². The van der Waals surface area contributed by atoms with Crippen LogP contribution in [0.1, 0.15) is 18.1 Å². The molecule has 6 heteroatoms. The zero-order valence-electron chi connectivity index (χ0n) is 16.7. The molecule has 1 aromatic heterocycles. The van der Waals surface area contributed by atoms with Gasteiger partial charge in [0.05, 0.1) is 20.3 Å². The van der Waals surface area contributed by atoms with Crippen LogP contribution in [0, 0.1) is 0 Å². The van der Waals surface area contributed by atoms with Crippen LogP contribution in [-0.4, -0.2) is 45.0 Å². The minimum atomic E-state index is 0.478. The van der Waals surface area contributed by atoms with Gasteiger partial charge in [-0.15, -0.1) is 0 Å². The third-order valence-electron chi connectivity index (χ3n) is 4.52. The van der Waals surface area contributed by atoms with Crippen molar-refractivity contribution in [2.75, 3.05) is 44.9 Å². The van der Waals surface area contributed by atoms with E-state index in [1.165, 1.54) is 5.56 Å². The predicted octanol–water partition coefficient (Wildman–Crippen LogP) is 3.17. The van der Waals surface area contributed by atoms with E-state index in [0.29, 0.717) is 6.61 Å². The molecule has 0 radical (unpaired) electrons. The number of hydrogen-bond acceptors (Lipinski definition) is 6. The molecule has 150 valence electrons. The molecule has 2 aromatic rings. The van der Waals surface area contributed by atoms with E-state index in [4.69, 9.17) is 14.2 Å². The number of rotatable bonds is 9. The highest BCUT2D eigenvalue weighted by Crippen LogP contribution is 2.28. The average molecular weight is 383 g/mol. The van der Waals surface area contributed by atoms with Crippen molar-refractivity contribution in [2.45, 2.75) is 20.0 Å². The molecule has 1 N–H and O–H groups in total. The van der Waals surface area contributed by atoms with Gasteiger partial charge in [0.25, 0.3) is 0 Å². The van der Waals surface area contributed by atoms with Crippen LogP contribution in [-0.2, 0) is 17.8 Å². The van der Waals surface area contributed by atoms with Crippen molar-refractivity contribution >= 4 is 5.82 Å². The van der Waals surface area contributed by atoms with Gasteiger partial charge in [0.1, 0.15) is 12.4 Å². The van der Waals surface area contributed by atoms with Crippen LogP contribution in [0.3, 0.4) is 0 Å². The number of benzene rings is 1. The molecule has 1 aromatic carbocycles. The maximum absolute atomic E-state index is 5.81. The Bertz CT molecular complexity index is 788. The van der Waals surface area contributed by atoms with E-state index in [1.807, 2.05) is 37.4 Å². The minimum absolute atomic E-state index is 0.478. The first kappa shape index (κ1) is 20.2. The molecule has 0 unspecified atom stereocenters. The number of hydrogen-bond donors (Lipinski definition) is 1. The molecular weight excluding hydrogens is 354 g/mol. The summed E-state index contributed by atoms with van der Waals surface area (Å²) in [6.07, 6.45) is 1.85. The number of nitrogens with one attached hydrogen (secondary N) is 1. The second-order valence-electron chi connectivity index (χ2n) is 6.92. The molecule has 1 aliphatic rings. The molecule has 0 bridgehead atoms. The zero-order chi connectivity index (χ0) is 19.8. The molecule has 1 fully saturated rings. The largest absolute Gasteiger partial charge is 0.493 e. The van der Waals surface area contributed by atoms with Crippen LogP contribution in [0.2, 0.25) is 0 Å². The van der Waals surface area contributed by atoms with Crippen LogP contribution < -0.4 is 19.7 Å². The summed E-state index contributed by atoms with van der Waals surface area (Å²) in [6, 6.07) is 10.1. The van der Waals surface area contributed by atoms with E-state index in [0.717, 1.165) is 67.8 Å². The average Bonchev–Trinajstić information content (AvgIpc) is 2.73. The molecular formula is C22H29N3O3. The second-order valence-corrected chi connectivity index (χ2v) is 6.92. The number of aromatic nitrogens is 1. The van der Waals surface area contributed by atoms with Gasteiger partial charge >= 0.3 is 0 Å². The molecule has 3 rings (SSSR count). The molecule has 0 amide bonds. The fraction of sp³-hybridized carbons (Fsp3) is 0.409. The number of anilines is 1. The van der Waals surface area contributed by atoms with Crippen molar-refractivity contribution in [3.63, 3.8) is 0 Å². The SMILES string of the molecule is C=C(C)COc1cc(CNCc2cccnc2N2CCOCC2)ccc1OC.